The Bertz CT molecular complexity index is 581. The van der Waals surface area contributed by atoms with E-state index in [0.29, 0.717) is 11.3 Å². The van der Waals surface area contributed by atoms with Crippen LogP contribution in [-0.4, -0.2) is 13.1 Å². The van der Waals surface area contributed by atoms with E-state index in [-0.39, 0.29) is 11.9 Å². The summed E-state index contributed by atoms with van der Waals surface area (Å²) in [7, 11) is 1.35. The Morgan fingerprint density at radius 3 is 2.89 bits per heavy atom. The predicted octanol–water partition coefficient (Wildman–Crippen LogP) is 2.54. The van der Waals surface area contributed by atoms with Crippen LogP contribution in [0.5, 0.6) is 0 Å². The first-order valence-corrected chi connectivity index (χ1v) is 6.66. The SMILES string of the molecule is C=C1NC(C)=C(C#N)C(c2cccs2)C1C(=O)OC. The van der Waals surface area contributed by atoms with Crippen LogP contribution in [0.15, 0.2) is 41.1 Å². The second-order valence-corrected chi connectivity index (χ2v) is 5.27. The van der Waals surface area contributed by atoms with Crippen LogP contribution in [-0.2, 0) is 9.53 Å². The van der Waals surface area contributed by atoms with Gasteiger partial charge in [-0.25, -0.2) is 0 Å². The molecule has 5 heteroatoms. The van der Waals surface area contributed by atoms with Crippen molar-refractivity contribution in [2.24, 2.45) is 5.92 Å². The second-order valence-electron chi connectivity index (χ2n) is 4.29. The van der Waals surface area contributed by atoms with Crippen LogP contribution >= 0.6 is 11.3 Å². The molecule has 2 rings (SSSR count). The minimum absolute atomic E-state index is 0.314. The van der Waals surface area contributed by atoms with Crippen LogP contribution in [0.1, 0.15) is 17.7 Å². The number of carbonyl (C=O) groups excluding carboxylic acids is 1. The molecular formula is C14H14N2O2S. The number of rotatable bonds is 2. The number of hydrogen-bond acceptors (Lipinski definition) is 5. The number of nitriles is 1. The topological polar surface area (TPSA) is 62.1 Å². The van der Waals surface area contributed by atoms with Gasteiger partial charge in [-0.2, -0.15) is 5.26 Å². The highest BCUT2D eigenvalue weighted by Gasteiger charge is 2.40. The molecular weight excluding hydrogens is 260 g/mol. The van der Waals surface area contributed by atoms with Gasteiger partial charge in [0.2, 0.25) is 0 Å². The average Bonchev–Trinajstić information content (AvgIpc) is 2.90. The molecule has 1 aromatic rings. The zero-order chi connectivity index (χ0) is 14.0. The summed E-state index contributed by atoms with van der Waals surface area (Å²) in [4.78, 5) is 13.0. The fraction of sp³-hybridized carbons (Fsp3) is 0.286. The van der Waals surface area contributed by atoms with Crippen molar-refractivity contribution < 1.29 is 9.53 Å². The quantitative estimate of drug-likeness (QED) is 0.842. The highest BCUT2D eigenvalue weighted by atomic mass is 32.1. The van der Waals surface area contributed by atoms with Gasteiger partial charge in [0, 0.05) is 22.2 Å². The monoisotopic (exact) mass is 274 g/mol. The molecule has 1 aromatic heterocycles. The maximum absolute atomic E-state index is 12.0. The fourth-order valence-corrected chi connectivity index (χ4v) is 3.19. The molecule has 0 aromatic carbocycles. The largest absolute Gasteiger partial charge is 0.468 e. The summed E-state index contributed by atoms with van der Waals surface area (Å²) in [5.74, 6) is -1.26. The lowest BCUT2D eigenvalue weighted by Crippen LogP contribution is -2.36. The Morgan fingerprint density at radius 2 is 2.37 bits per heavy atom. The van der Waals surface area contributed by atoms with Crippen LogP contribution in [0.3, 0.4) is 0 Å². The number of thiophene rings is 1. The first-order chi connectivity index (χ1) is 9.10. The molecule has 19 heavy (non-hydrogen) atoms. The molecule has 4 nitrogen and oxygen atoms in total. The lowest BCUT2D eigenvalue weighted by atomic mass is 9.79. The number of nitrogens with zero attached hydrogens (tertiary/aromatic N) is 1. The molecule has 0 saturated carbocycles. The molecule has 0 spiro atoms. The summed E-state index contributed by atoms with van der Waals surface area (Å²) in [6.07, 6.45) is 0. The van der Waals surface area contributed by atoms with Gasteiger partial charge in [0.1, 0.15) is 5.92 Å². The van der Waals surface area contributed by atoms with Crippen molar-refractivity contribution in [2.45, 2.75) is 12.8 Å². The Labute approximate surface area is 116 Å². The van der Waals surface area contributed by atoms with Crippen LogP contribution in [0, 0.1) is 17.2 Å². The third-order valence-corrected chi connectivity index (χ3v) is 4.15. The zero-order valence-electron chi connectivity index (χ0n) is 10.8. The smallest absolute Gasteiger partial charge is 0.315 e. The molecule has 1 N–H and O–H groups in total. The molecule has 0 saturated heterocycles. The number of ether oxygens (including phenoxy) is 1. The maximum atomic E-state index is 12.0. The van der Waals surface area contributed by atoms with Gasteiger partial charge in [-0.1, -0.05) is 12.6 Å². The number of esters is 1. The van der Waals surface area contributed by atoms with Crippen molar-refractivity contribution in [3.05, 3.63) is 45.9 Å². The Hall–Kier alpha value is -2.06. The third kappa shape index (κ3) is 2.27. The van der Waals surface area contributed by atoms with E-state index in [9.17, 15) is 10.1 Å². The number of allylic oxidation sites excluding steroid dienone is 2. The zero-order valence-corrected chi connectivity index (χ0v) is 11.6. The van der Waals surface area contributed by atoms with Crippen molar-refractivity contribution in [3.63, 3.8) is 0 Å². The van der Waals surface area contributed by atoms with E-state index in [2.05, 4.69) is 18.0 Å². The average molecular weight is 274 g/mol. The first-order valence-electron chi connectivity index (χ1n) is 5.78. The van der Waals surface area contributed by atoms with Crippen molar-refractivity contribution in [1.82, 2.24) is 5.32 Å². The molecule has 98 valence electrons. The normalized spacial score (nSPS) is 22.7. The van der Waals surface area contributed by atoms with E-state index in [1.54, 1.807) is 0 Å². The van der Waals surface area contributed by atoms with Crippen molar-refractivity contribution in [3.8, 4) is 6.07 Å². The van der Waals surface area contributed by atoms with Gasteiger partial charge in [0.15, 0.2) is 0 Å². The van der Waals surface area contributed by atoms with Gasteiger partial charge in [0.05, 0.1) is 18.8 Å². The second kappa shape index (κ2) is 5.29. The molecule has 1 aliphatic heterocycles. The van der Waals surface area contributed by atoms with Crippen LogP contribution in [0.25, 0.3) is 0 Å². The maximum Gasteiger partial charge on any atom is 0.315 e. The number of nitrogens with one attached hydrogen (secondary N) is 1. The summed E-state index contributed by atoms with van der Waals surface area (Å²) in [6.45, 7) is 5.71. The van der Waals surface area contributed by atoms with E-state index in [1.165, 1.54) is 18.4 Å². The standard InChI is InChI=1S/C14H14N2O2S/c1-8-10(7-15)13(11-5-4-6-19-11)12(9(2)16-8)14(17)18-3/h4-6,12-13,16H,2H2,1,3H3. The van der Waals surface area contributed by atoms with Crippen molar-refractivity contribution in [1.29, 1.82) is 5.26 Å². The summed E-state index contributed by atoms with van der Waals surface area (Å²) in [5.41, 5.74) is 1.87. The van der Waals surface area contributed by atoms with Gasteiger partial charge < -0.3 is 10.1 Å². The summed E-state index contributed by atoms with van der Waals surface area (Å²) in [5, 5.41) is 14.3. The molecule has 0 amide bonds. The lowest BCUT2D eigenvalue weighted by Gasteiger charge is -2.32. The van der Waals surface area contributed by atoms with E-state index in [4.69, 9.17) is 4.74 Å². The number of hydrogen-bond donors (Lipinski definition) is 1. The molecule has 2 atom stereocenters. The van der Waals surface area contributed by atoms with Gasteiger partial charge >= 0.3 is 5.97 Å². The molecule has 2 heterocycles. The Morgan fingerprint density at radius 1 is 1.63 bits per heavy atom. The summed E-state index contributed by atoms with van der Waals surface area (Å²) < 4.78 is 4.85. The Balaban J connectivity index is 2.57. The number of methoxy groups -OCH3 is 1. The predicted molar refractivity (Wildman–Crippen MR) is 73.2 cm³/mol. The van der Waals surface area contributed by atoms with Crippen molar-refractivity contribution >= 4 is 17.3 Å². The minimum atomic E-state index is -0.568. The Kier molecular flexibility index (Phi) is 3.72. The molecule has 0 bridgehead atoms. The van der Waals surface area contributed by atoms with E-state index < -0.39 is 5.92 Å². The molecule has 0 radical (unpaired) electrons. The fourth-order valence-electron chi connectivity index (χ4n) is 2.32. The van der Waals surface area contributed by atoms with Crippen LogP contribution in [0.4, 0.5) is 0 Å². The molecule has 0 aliphatic carbocycles. The molecule has 0 fully saturated rings. The summed E-state index contributed by atoms with van der Waals surface area (Å²) >= 11 is 1.52. The molecule has 1 aliphatic rings. The summed E-state index contributed by atoms with van der Waals surface area (Å²) in [6, 6.07) is 6.03. The van der Waals surface area contributed by atoms with Gasteiger partial charge in [0.25, 0.3) is 0 Å². The van der Waals surface area contributed by atoms with Gasteiger partial charge in [-0.15, -0.1) is 11.3 Å². The highest BCUT2D eigenvalue weighted by Crippen LogP contribution is 2.41. The van der Waals surface area contributed by atoms with E-state index in [0.717, 1.165) is 10.6 Å². The van der Waals surface area contributed by atoms with Crippen LogP contribution < -0.4 is 5.32 Å². The first kappa shape index (κ1) is 13.4. The highest BCUT2D eigenvalue weighted by molar-refractivity contribution is 7.10. The van der Waals surface area contributed by atoms with E-state index >= 15 is 0 Å². The minimum Gasteiger partial charge on any atom is -0.468 e. The van der Waals surface area contributed by atoms with Gasteiger partial charge in [-0.3, -0.25) is 4.79 Å². The number of carbonyl (C=O) groups is 1. The molecule has 2 unspecified atom stereocenters. The van der Waals surface area contributed by atoms with Gasteiger partial charge in [-0.05, 0) is 18.4 Å². The van der Waals surface area contributed by atoms with Crippen molar-refractivity contribution in [2.75, 3.05) is 7.11 Å². The lowest BCUT2D eigenvalue weighted by molar-refractivity contribution is -0.144. The third-order valence-electron chi connectivity index (χ3n) is 3.20. The van der Waals surface area contributed by atoms with E-state index in [1.807, 2.05) is 24.4 Å². The van der Waals surface area contributed by atoms with Crippen LogP contribution in [0.2, 0.25) is 0 Å².